The van der Waals surface area contributed by atoms with Gasteiger partial charge in [-0.15, -0.1) is 24.0 Å². The van der Waals surface area contributed by atoms with E-state index in [1.54, 1.807) is 6.26 Å². The lowest BCUT2D eigenvalue weighted by atomic mass is 10.1. The van der Waals surface area contributed by atoms with Crippen molar-refractivity contribution in [2.75, 3.05) is 59.1 Å². The highest BCUT2D eigenvalue weighted by Crippen LogP contribution is 2.16. The second-order valence-electron chi connectivity index (χ2n) is 7.50. The number of nitrogens with zero attached hydrogens (tertiary/aromatic N) is 2. The van der Waals surface area contributed by atoms with Gasteiger partial charge < -0.3 is 24.5 Å². The highest BCUT2D eigenvalue weighted by atomic mass is 127. The van der Waals surface area contributed by atoms with Crippen molar-refractivity contribution >= 4 is 29.9 Å². The molecule has 0 amide bonds. The van der Waals surface area contributed by atoms with Gasteiger partial charge in [-0.05, 0) is 44.2 Å². The van der Waals surface area contributed by atoms with Gasteiger partial charge in [0.2, 0.25) is 0 Å². The van der Waals surface area contributed by atoms with Gasteiger partial charge in [-0.25, -0.2) is 0 Å². The zero-order chi connectivity index (χ0) is 19.3. The van der Waals surface area contributed by atoms with Crippen LogP contribution in [-0.2, 0) is 15.9 Å². The van der Waals surface area contributed by atoms with Crippen molar-refractivity contribution < 1.29 is 13.9 Å². The van der Waals surface area contributed by atoms with Crippen molar-refractivity contribution in [3.05, 3.63) is 24.2 Å². The third-order valence-electron chi connectivity index (χ3n) is 5.30. The zero-order valence-electron chi connectivity index (χ0n) is 17.4. The molecule has 2 aliphatic rings. The first-order valence-electron chi connectivity index (χ1n) is 10.9. The van der Waals surface area contributed by atoms with Crippen molar-refractivity contribution in [1.82, 2.24) is 15.5 Å². The number of guanidine groups is 1. The molecule has 0 aromatic carbocycles. The number of hydrogen-bond donors (Lipinski definition) is 2. The minimum atomic E-state index is 0. The molecule has 7 nitrogen and oxygen atoms in total. The topological polar surface area (TPSA) is 71.3 Å². The first-order chi connectivity index (χ1) is 13.9. The van der Waals surface area contributed by atoms with Gasteiger partial charge in [0.05, 0.1) is 25.6 Å². The molecule has 29 heavy (non-hydrogen) atoms. The van der Waals surface area contributed by atoms with Crippen LogP contribution in [0.4, 0.5) is 0 Å². The largest absolute Gasteiger partial charge is 0.469 e. The molecule has 0 spiro atoms. The first-order valence-corrected chi connectivity index (χ1v) is 10.9. The number of furan rings is 1. The Morgan fingerprint density at radius 2 is 2.00 bits per heavy atom. The fourth-order valence-electron chi connectivity index (χ4n) is 3.64. The second-order valence-corrected chi connectivity index (χ2v) is 7.50. The zero-order valence-corrected chi connectivity index (χ0v) is 19.8. The van der Waals surface area contributed by atoms with Crippen LogP contribution in [0.3, 0.4) is 0 Å². The van der Waals surface area contributed by atoms with Gasteiger partial charge in [0.1, 0.15) is 5.76 Å². The molecule has 2 aliphatic heterocycles. The van der Waals surface area contributed by atoms with Crippen molar-refractivity contribution in [2.45, 2.75) is 44.6 Å². The Labute approximate surface area is 192 Å². The summed E-state index contributed by atoms with van der Waals surface area (Å²) >= 11 is 0. The van der Waals surface area contributed by atoms with Crippen LogP contribution in [-0.4, -0.2) is 76.1 Å². The Morgan fingerprint density at radius 3 is 2.76 bits per heavy atom. The number of hydrogen-bond acceptors (Lipinski definition) is 5. The van der Waals surface area contributed by atoms with Crippen molar-refractivity contribution in [2.24, 2.45) is 4.99 Å². The Kier molecular flexibility index (Phi) is 12.7. The van der Waals surface area contributed by atoms with E-state index in [0.29, 0.717) is 6.10 Å². The molecule has 8 heteroatoms. The summed E-state index contributed by atoms with van der Waals surface area (Å²) in [5.41, 5.74) is 0. The van der Waals surface area contributed by atoms with Crippen LogP contribution < -0.4 is 10.6 Å². The monoisotopic (exact) mass is 520 g/mol. The minimum absolute atomic E-state index is 0. The molecule has 0 saturated carbocycles. The average molecular weight is 520 g/mol. The predicted molar refractivity (Wildman–Crippen MR) is 126 cm³/mol. The van der Waals surface area contributed by atoms with E-state index < -0.39 is 0 Å². The number of morpholine rings is 1. The average Bonchev–Trinajstić information content (AvgIpc) is 3.26. The summed E-state index contributed by atoms with van der Waals surface area (Å²) in [6.45, 7) is 8.17. The number of ether oxygens (including phenoxy) is 2. The fourth-order valence-corrected chi connectivity index (χ4v) is 3.64. The van der Waals surface area contributed by atoms with E-state index in [-0.39, 0.29) is 24.0 Å². The van der Waals surface area contributed by atoms with E-state index >= 15 is 0 Å². The normalized spacial score (nSPS) is 20.8. The number of halogens is 1. The molecule has 0 bridgehead atoms. The van der Waals surface area contributed by atoms with Crippen LogP contribution in [0.2, 0.25) is 0 Å². The van der Waals surface area contributed by atoms with Crippen LogP contribution in [0, 0.1) is 0 Å². The first kappa shape index (κ1) is 24.4. The molecule has 166 valence electrons. The molecule has 0 radical (unpaired) electrons. The van der Waals surface area contributed by atoms with Crippen LogP contribution in [0.15, 0.2) is 27.8 Å². The van der Waals surface area contributed by atoms with Crippen molar-refractivity contribution in [3.8, 4) is 0 Å². The van der Waals surface area contributed by atoms with Crippen molar-refractivity contribution in [3.63, 3.8) is 0 Å². The Balaban J connectivity index is 0.00000300. The Morgan fingerprint density at radius 1 is 1.14 bits per heavy atom. The molecule has 2 fully saturated rings. The van der Waals surface area contributed by atoms with Crippen LogP contribution in [0.5, 0.6) is 0 Å². The maximum absolute atomic E-state index is 5.82. The molecule has 3 heterocycles. The third-order valence-corrected chi connectivity index (χ3v) is 5.30. The summed E-state index contributed by atoms with van der Waals surface area (Å²) in [6.07, 6.45) is 8.91. The maximum atomic E-state index is 5.82. The molecule has 2 N–H and O–H groups in total. The number of nitrogens with one attached hydrogen (secondary N) is 2. The Hall–Kier alpha value is -0.840. The van der Waals surface area contributed by atoms with Gasteiger partial charge >= 0.3 is 0 Å². The molecule has 1 aromatic heterocycles. The smallest absolute Gasteiger partial charge is 0.191 e. The second kappa shape index (κ2) is 15.0. The van der Waals surface area contributed by atoms with E-state index in [9.17, 15) is 0 Å². The van der Waals surface area contributed by atoms with Crippen LogP contribution >= 0.6 is 24.0 Å². The summed E-state index contributed by atoms with van der Waals surface area (Å²) in [7, 11) is 0. The lowest BCUT2D eigenvalue weighted by molar-refractivity contribution is 0.0105. The van der Waals surface area contributed by atoms with Gasteiger partial charge in [-0.2, -0.15) is 0 Å². The number of rotatable bonds is 10. The van der Waals surface area contributed by atoms with Crippen LogP contribution in [0.1, 0.15) is 37.9 Å². The highest BCUT2D eigenvalue weighted by Gasteiger charge is 2.13. The van der Waals surface area contributed by atoms with E-state index in [2.05, 4.69) is 15.5 Å². The molecular formula is C21H37IN4O3. The van der Waals surface area contributed by atoms with Gasteiger partial charge in [-0.3, -0.25) is 9.89 Å². The van der Waals surface area contributed by atoms with E-state index in [1.807, 2.05) is 12.1 Å². The fraction of sp³-hybridized carbons (Fsp3) is 0.762. The summed E-state index contributed by atoms with van der Waals surface area (Å²) in [4.78, 5) is 7.20. The quantitative estimate of drug-likeness (QED) is 0.214. The standard InChI is InChI=1S/C21H36N4O3.HI/c1-2-15-27-19(5-1)6-3-9-22-21(23-10-8-20-7-4-16-28-20)24-11-12-25-13-17-26-18-14-25;/h4,7,16,19H,1-3,5-6,8-15,17-18H2,(H2,22,23,24);1H. The molecule has 1 atom stereocenters. The lowest BCUT2D eigenvalue weighted by Gasteiger charge is -2.26. The minimum Gasteiger partial charge on any atom is -0.469 e. The molecule has 3 rings (SSSR count). The summed E-state index contributed by atoms with van der Waals surface area (Å²) in [5.74, 6) is 1.89. The molecule has 0 aliphatic carbocycles. The molecule has 2 saturated heterocycles. The van der Waals surface area contributed by atoms with Crippen molar-refractivity contribution in [1.29, 1.82) is 0 Å². The molecule has 1 aromatic rings. The van der Waals surface area contributed by atoms with Gasteiger partial charge in [0.15, 0.2) is 5.96 Å². The van der Waals surface area contributed by atoms with Gasteiger partial charge in [0.25, 0.3) is 0 Å². The van der Waals surface area contributed by atoms with Gasteiger partial charge in [0, 0.05) is 52.3 Å². The Bertz CT molecular complexity index is 544. The number of aliphatic imine (C=N–C) groups is 1. The molecule has 1 unspecified atom stereocenters. The molecular weight excluding hydrogens is 483 g/mol. The van der Waals surface area contributed by atoms with E-state index in [0.717, 1.165) is 90.1 Å². The maximum Gasteiger partial charge on any atom is 0.191 e. The summed E-state index contributed by atoms with van der Waals surface area (Å²) < 4.78 is 16.6. The van der Waals surface area contributed by atoms with E-state index in [4.69, 9.17) is 18.9 Å². The lowest BCUT2D eigenvalue weighted by Crippen LogP contribution is -2.44. The predicted octanol–water partition coefficient (Wildman–Crippen LogP) is 2.66. The van der Waals surface area contributed by atoms with Crippen LogP contribution in [0.25, 0.3) is 0 Å². The van der Waals surface area contributed by atoms with Gasteiger partial charge in [-0.1, -0.05) is 0 Å². The summed E-state index contributed by atoms with van der Waals surface area (Å²) in [5, 5.41) is 6.92. The summed E-state index contributed by atoms with van der Waals surface area (Å²) in [6, 6.07) is 3.94. The SMILES string of the molecule is I.c1coc(CCNC(=NCCCC2CCCCO2)NCCN2CCOCC2)c1. The highest BCUT2D eigenvalue weighted by molar-refractivity contribution is 14.0. The third kappa shape index (κ3) is 10.1. The van der Waals surface area contributed by atoms with E-state index in [1.165, 1.54) is 19.3 Å².